The van der Waals surface area contributed by atoms with Crippen LogP contribution in [0.4, 0.5) is 0 Å². The van der Waals surface area contributed by atoms with Crippen molar-refractivity contribution in [3.8, 4) is 0 Å². The first-order chi connectivity index (χ1) is 9.66. The topological polar surface area (TPSA) is 49.4 Å². The number of nitrogens with zero attached hydrogens (tertiary/aromatic N) is 1. The molecule has 0 saturated carbocycles. The Kier molecular flexibility index (Phi) is 6.04. The molecule has 1 N–H and O–H groups in total. The van der Waals surface area contributed by atoms with Gasteiger partial charge in [-0.15, -0.1) is 11.3 Å². The van der Waals surface area contributed by atoms with Gasteiger partial charge >= 0.3 is 0 Å². The summed E-state index contributed by atoms with van der Waals surface area (Å²) in [6, 6.07) is 1.82. The van der Waals surface area contributed by atoms with Crippen molar-refractivity contribution in [3.05, 3.63) is 20.8 Å². The van der Waals surface area contributed by atoms with Crippen LogP contribution in [0.25, 0.3) is 0 Å². The van der Waals surface area contributed by atoms with Gasteiger partial charge in [-0.3, -0.25) is 9.59 Å². The number of hydrogen-bond acceptors (Lipinski definition) is 3. The first kappa shape index (κ1) is 15.5. The van der Waals surface area contributed by atoms with E-state index in [1.54, 1.807) is 0 Å². The number of likely N-dealkylation sites (tertiary alicyclic amines) is 1. The maximum Gasteiger partial charge on any atom is 0.252 e. The molecular formula is C14H19BrN2O2S. The van der Waals surface area contributed by atoms with Crippen molar-refractivity contribution >= 4 is 39.1 Å². The fraction of sp³-hybridized carbons (Fsp3) is 0.571. The van der Waals surface area contributed by atoms with Crippen LogP contribution in [-0.2, 0) is 4.79 Å². The van der Waals surface area contributed by atoms with Gasteiger partial charge in [-0.25, -0.2) is 0 Å². The van der Waals surface area contributed by atoms with Crippen LogP contribution in [0.15, 0.2) is 15.2 Å². The van der Waals surface area contributed by atoms with Crippen molar-refractivity contribution in [1.82, 2.24) is 10.2 Å². The molecule has 1 aromatic heterocycles. The van der Waals surface area contributed by atoms with Crippen LogP contribution in [0.2, 0.25) is 0 Å². The van der Waals surface area contributed by atoms with Crippen molar-refractivity contribution in [2.75, 3.05) is 19.6 Å². The molecule has 0 aliphatic carbocycles. The maximum atomic E-state index is 11.8. The summed E-state index contributed by atoms with van der Waals surface area (Å²) in [7, 11) is 0. The number of carbonyl (C=O) groups is 2. The van der Waals surface area contributed by atoms with E-state index < -0.39 is 0 Å². The fourth-order valence-electron chi connectivity index (χ4n) is 2.28. The van der Waals surface area contributed by atoms with E-state index in [2.05, 4.69) is 21.2 Å². The molecule has 0 bridgehead atoms. The summed E-state index contributed by atoms with van der Waals surface area (Å²) in [4.78, 5) is 25.6. The molecule has 0 unspecified atom stereocenters. The Labute approximate surface area is 131 Å². The largest absolute Gasteiger partial charge is 0.352 e. The Balaban J connectivity index is 1.68. The van der Waals surface area contributed by atoms with E-state index in [0.717, 1.165) is 42.6 Å². The van der Waals surface area contributed by atoms with Crippen LogP contribution in [-0.4, -0.2) is 36.3 Å². The van der Waals surface area contributed by atoms with E-state index in [0.29, 0.717) is 18.5 Å². The summed E-state index contributed by atoms with van der Waals surface area (Å²) in [5.41, 5.74) is 0.688. The highest BCUT2D eigenvalue weighted by molar-refractivity contribution is 9.11. The van der Waals surface area contributed by atoms with Gasteiger partial charge in [0.05, 0.1) is 9.35 Å². The summed E-state index contributed by atoms with van der Waals surface area (Å²) in [6.07, 6.45) is 4.74. The van der Waals surface area contributed by atoms with Crippen LogP contribution >= 0.6 is 27.3 Å². The lowest BCUT2D eigenvalue weighted by atomic mass is 10.2. The van der Waals surface area contributed by atoms with Crippen molar-refractivity contribution in [1.29, 1.82) is 0 Å². The van der Waals surface area contributed by atoms with Crippen LogP contribution in [0.5, 0.6) is 0 Å². The van der Waals surface area contributed by atoms with Gasteiger partial charge in [-0.1, -0.05) is 6.42 Å². The van der Waals surface area contributed by atoms with E-state index >= 15 is 0 Å². The molecule has 0 spiro atoms. The predicted molar refractivity (Wildman–Crippen MR) is 84.0 cm³/mol. The Morgan fingerprint density at radius 1 is 1.40 bits per heavy atom. The maximum absolute atomic E-state index is 11.8. The van der Waals surface area contributed by atoms with Gasteiger partial charge in [0, 0.05) is 31.4 Å². The number of nitrogens with one attached hydrogen (secondary N) is 1. The van der Waals surface area contributed by atoms with E-state index in [-0.39, 0.29) is 11.8 Å². The fourth-order valence-corrected chi connectivity index (χ4v) is 3.41. The highest BCUT2D eigenvalue weighted by Crippen LogP contribution is 2.20. The second-order valence-electron chi connectivity index (χ2n) is 4.94. The molecule has 110 valence electrons. The Morgan fingerprint density at radius 2 is 2.25 bits per heavy atom. The number of halogens is 1. The minimum absolute atomic E-state index is 0.0471. The minimum atomic E-state index is -0.0471. The van der Waals surface area contributed by atoms with Crippen molar-refractivity contribution < 1.29 is 9.59 Å². The van der Waals surface area contributed by atoms with Gasteiger partial charge in [0.25, 0.3) is 5.91 Å². The summed E-state index contributed by atoms with van der Waals surface area (Å²) >= 11 is 4.84. The predicted octanol–water partition coefficient (Wildman–Crippen LogP) is 3.03. The molecular weight excluding hydrogens is 340 g/mol. The number of hydrogen-bond donors (Lipinski definition) is 1. The summed E-state index contributed by atoms with van der Waals surface area (Å²) in [6.45, 7) is 2.22. The first-order valence-corrected chi connectivity index (χ1v) is 8.64. The molecule has 2 rings (SSSR count). The van der Waals surface area contributed by atoms with Gasteiger partial charge in [0.15, 0.2) is 0 Å². The lowest BCUT2D eigenvalue weighted by Gasteiger charge is -2.20. The highest BCUT2D eigenvalue weighted by atomic mass is 79.9. The number of amides is 2. The quantitative estimate of drug-likeness (QED) is 0.822. The number of rotatable bonds is 5. The van der Waals surface area contributed by atoms with Crippen molar-refractivity contribution in [2.24, 2.45) is 0 Å². The molecule has 1 saturated heterocycles. The molecule has 0 radical (unpaired) electrons. The Hall–Kier alpha value is -0.880. The van der Waals surface area contributed by atoms with Gasteiger partial charge in [-0.2, -0.15) is 0 Å². The zero-order valence-corrected chi connectivity index (χ0v) is 13.8. The standard InChI is InChI=1S/C14H19BrN2O2S/c15-12-9-11(10-20-12)14(19)16-6-4-8-17-7-3-1-2-5-13(17)18/h9-10H,1-8H2,(H,16,19). The molecule has 4 nitrogen and oxygen atoms in total. The smallest absolute Gasteiger partial charge is 0.252 e. The van der Waals surface area contributed by atoms with Crippen LogP contribution in [0, 0.1) is 0 Å². The first-order valence-electron chi connectivity index (χ1n) is 6.97. The lowest BCUT2D eigenvalue weighted by Crippen LogP contribution is -2.33. The molecule has 1 aliphatic heterocycles. The van der Waals surface area contributed by atoms with Gasteiger partial charge in [0.1, 0.15) is 0 Å². The minimum Gasteiger partial charge on any atom is -0.352 e. The Bertz CT molecular complexity index is 475. The third kappa shape index (κ3) is 4.59. The van der Waals surface area contributed by atoms with E-state index in [1.807, 2.05) is 16.3 Å². The summed E-state index contributed by atoms with van der Waals surface area (Å²) < 4.78 is 0.956. The van der Waals surface area contributed by atoms with E-state index in [1.165, 1.54) is 11.3 Å². The third-order valence-electron chi connectivity index (χ3n) is 3.39. The summed E-state index contributed by atoms with van der Waals surface area (Å²) in [5, 5.41) is 4.72. The lowest BCUT2D eigenvalue weighted by molar-refractivity contribution is -0.130. The SMILES string of the molecule is O=C(NCCCN1CCCCCC1=O)c1csc(Br)c1. The van der Waals surface area contributed by atoms with Gasteiger partial charge in [0.2, 0.25) is 5.91 Å². The van der Waals surface area contributed by atoms with Crippen LogP contribution in [0.1, 0.15) is 42.5 Å². The van der Waals surface area contributed by atoms with Gasteiger partial charge < -0.3 is 10.2 Å². The Morgan fingerprint density at radius 3 is 3.00 bits per heavy atom. The average Bonchev–Trinajstić information content (AvgIpc) is 2.76. The van der Waals surface area contributed by atoms with Crippen LogP contribution in [0.3, 0.4) is 0 Å². The average molecular weight is 359 g/mol. The highest BCUT2D eigenvalue weighted by Gasteiger charge is 2.15. The number of thiophene rings is 1. The monoisotopic (exact) mass is 358 g/mol. The molecule has 2 amide bonds. The van der Waals surface area contributed by atoms with Crippen LogP contribution < -0.4 is 5.32 Å². The molecule has 2 heterocycles. The molecule has 0 aromatic carbocycles. The van der Waals surface area contributed by atoms with Crippen molar-refractivity contribution in [3.63, 3.8) is 0 Å². The molecule has 6 heteroatoms. The molecule has 1 aliphatic rings. The third-order valence-corrected chi connectivity index (χ3v) is 4.90. The molecule has 1 fully saturated rings. The van der Waals surface area contributed by atoms with Crippen molar-refractivity contribution in [2.45, 2.75) is 32.1 Å². The zero-order valence-electron chi connectivity index (χ0n) is 11.4. The zero-order chi connectivity index (χ0) is 14.4. The summed E-state index contributed by atoms with van der Waals surface area (Å²) in [5.74, 6) is 0.213. The molecule has 20 heavy (non-hydrogen) atoms. The molecule has 1 aromatic rings. The van der Waals surface area contributed by atoms with E-state index in [9.17, 15) is 9.59 Å². The van der Waals surface area contributed by atoms with Gasteiger partial charge in [-0.05, 0) is 41.3 Å². The molecule has 0 atom stereocenters. The normalized spacial score (nSPS) is 16.1. The second kappa shape index (κ2) is 7.78. The number of carbonyl (C=O) groups excluding carboxylic acids is 2. The second-order valence-corrected chi connectivity index (χ2v) is 7.23. The van der Waals surface area contributed by atoms with E-state index in [4.69, 9.17) is 0 Å².